The molecule has 2 N–H and O–H groups in total. The zero-order chi connectivity index (χ0) is 30.0. The third kappa shape index (κ3) is 6.91. The number of rotatable bonds is 8. The highest BCUT2D eigenvalue weighted by Gasteiger charge is 2.42. The van der Waals surface area contributed by atoms with E-state index >= 15 is 0 Å². The fourth-order valence-electron chi connectivity index (χ4n) is 4.05. The highest BCUT2D eigenvalue weighted by Crippen LogP contribution is 2.31. The van der Waals surface area contributed by atoms with E-state index in [0.29, 0.717) is 22.3 Å². The van der Waals surface area contributed by atoms with Gasteiger partial charge in [0.25, 0.3) is 0 Å². The summed E-state index contributed by atoms with van der Waals surface area (Å²) in [5.41, 5.74) is -0.316. The first-order chi connectivity index (χ1) is 20.3. The third-order valence-electron chi connectivity index (χ3n) is 6.27. The first-order valence-corrected chi connectivity index (χ1v) is 12.9. The van der Waals surface area contributed by atoms with E-state index < -0.39 is 29.1 Å². The van der Waals surface area contributed by atoms with E-state index in [4.69, 9.17) is 9.84 Å². The van der Waals surface area contributed by atoms with Gasteiger partial charge in [-0.15, -0.1) is 0 Å². The summed E-state index contributed by atoms with van der Waals surface area (Å²) in [5, 5.41) is 20.2. The Hall–Kier alpha value is -5.66. The van der Waals surface area contributed by atoms with Gasteiger partial charge in [-0.05, 0) is 35.4 Å². The first kappa shape index (κ1) is 29.3. The molecule has 0 saturated heterocycles. The predicted octanol–water partition coefficient (Wildman–Crippen LogP) is 5.98. The molecule has 0 unspecified atom stereocenters. The molecule has 0 saturated carbocycles. The number of esters is 1. The Morgan fingerprint density at radius 3 is 1.19 bits per heavy atom. The summed E-state index contributed by atoms with van der Waals surface area (Å²) in [6.45, 7) is 0. The Bertz CT molecular complexity index is 1560. The fraction of sp³-hybridized carbons (Fsp3) is 0.0286. The van der Waals surface area contributed by atoms with Crippen LogP contribution in [0.5, 0.6) is 5.75 Å². The Morgan fingerprint density at radius 1 is 0.476 bits per heavy atom. The summed E-state index contributed by atoms with van der Waals surface area (Å²) in [6.07, 6.45) is 0. The van der Waals surface area contributed by atoms with Crippen LogP contribution in [0, 0.1) is 0 Å². The van der Waals surface area contributed by atoms with E-state index in [1.54, 1.807) is 109 Å². The summed E-state index contributed by atoms with van der Waals surface area (Å²) < 4.78 is 5.34. The van der Waals surface area contributed by atoms with Crippen molar-refractivity contribution in [1.82, 2.24) is 0 Å². The summed E-state index contributed by atoms with van der Waals surface area (Å²) in [6, 6.07) is 39.6. The van der Waals surface area contributed by atoms with Gasteiger partial charge in [-0.25, -0.2) is 9.59 Å². The fourth-order valence-corrected chi connectivity index (χ4v) is 4.05. The minimum Gasteiger partial charge on any atom is -0.478 e. The number of carboxylic acids is 1. The van der Waals surface area contributed by atoms with Crippen molar-refractivity contribution in [2.45, 2.75) is 5.60 Å². The van der Waals surface area contributed by atoms with E-state index in [9.17, 15) is 24.3 Å². The monoisotopic (exact) mass is 558 g/mol. The standard InChI is InChI=1S/C21H16O5.C14H10O2/c22-19(23)15-11-13-18(14-12-15)26-20(24)21(25,16-7-3-1-4-8-16)17-9-5-2-6-10-17;15-13(11-7-3-1-4-8-11)14(16)12-9-5-2-6-10-12/h1-14,25H,(H,22,23);1-10H. The maximum absolute atomic E-state index is 12.9. The largest absolute Gasteiger partial charge is 0.478 e. The molecule has 208 valence electrons. The molecule has 7 heteroatoms. The van der Waals surface area contributed by atoms with E-state index in [1.165, 1.54) is 24.3 Å². The minimum atomic E-state index is -1.99. The average molecular weight is 559 g/mol. The molecule has 0 aliphatic heterocycles. The lowest BCUT2D eigenvalue weighted by Crippen LogP contribution is -2.40. The molecular formula is C35H26O7. The SMILES string of the molecule is O=C(C(=O)c1ccccc1)c1ccccc1.O=C(O)c1ccc(OC(=O)C(O)(c2ccccc2)c2ccccc2)cc1. The van der Waals surface area contributed by atoms with Crippen molar-refractivity contribution < 1.29 is 34.1 Å². The zero-order valence-electron chi connectivity index (χ0n) is 22.3. The average Bonchev–Trinajstić information content (AvgIpc) is 3.05. The van der Waals surface area contributed by atoms with Crippen LogP contribution in [0.2, 0.25) is 0 Å². The molecule has 42 heavy (non-hydrogen) atoms. The molecule has 0 aliphatic rings. The Balaban J connectivity index is 0.000000216. The van der Waals surface area contributed by atoms with Gasteiger partial charge in [-0.3, -0.25) is 9.59 Å². The molecule has 0 fully saturated rings. The molecule has 0 aromatic heterocycles. The van der Waals surface area contributed by atoms with Crippen molar-refractivity contribution in [3.8, 4) is 5.75 Å². The molecule has 0 spiro atoms. The molecule has 5 aromatic rings. The molecule has 5 rings (SSSR count). The summed E-state index contributed by atoms with van der Waals surface area (Å²) in [5.74, 6) is -2.74. The second-order valence-corrected chi connectivity index (χ2v) is 9.05. The maximum Gasteiger partial charge on any atom is 0.353 e. The van der Waals surface area contributed by atoms with E-state index in [2.05, 4.69) is 0 Å². The molecule has 5 aromatic carbocycles. The van der Waals surface area contributed by atoms with Gasteiger partial charge >= 0.3 is 11.9 Å². The number of hydrogen-bond donors (Lipinski definition) is 2. The van der Waals surface area contributed by atoms with Gasteiger partial charge < -0.3 is 14.9 Å². The number of carbonyl (C=O) groups is 4. The smallest absolute Gasteiger partial charge is 0.353 e. The number of ether oxygens (including phenoxy) is 1. The summed E-state index contributed by atoms with van der Waals surface area (Å²) in [4.78, 5) is 47.4. The number of carbonyl (C=O) groups excluding carboxylic acids is 3. The highest BCUT2D eigenvalue weighted by atomic mass is 16.6. The van der Waals surface area contributed by atoms with Crippen LogP contribution in [0.25, 0.3) is 0 Å². The molecule has 0 atom stereocenters. The van der Waals surface area contributed by atoms with Crippen molar-refractivity contribution in [1.29, 1.82) is 0 Å². The molecule has 0 bridgehead atoms. The lowest BCUT2D eigenvalue weighted by Gasteiger charge is -2.27. The number of aliphatic hydroxyl groups is 1. The van der Waals surface area contributed by atoms with Crippen molar-refractivity contribution in [3.05, 3.63) is 173 Å². The summed E-state index contributed by atoms with van der Waals surface area (Å²) >= 11 is 0. The van der Waals surface area contributed by atoms with Crippen LogP contribution >= 0.6 is 0 Å². The van der Waals surface area contributed by atoms with Crippen LogP contribution < -0.4 is 4.74 Å². The van der Waals surface area contributed by atoms with Gasteiger partial charge in [0.2, 0.25) is 17.2 Å². The molecule has 0 aliphatic carbocycles. The third-order valence-corrected chi connectivity index (χ3v) is 6.27. The number of Topliss-reactive ketones (excluding diaryl/α,β-unsaturated/α-hetero) is 2. The number of aromatic carboxylic acids is 1. The van der Waals surface area contributed by atoms with Crippen LogP contribution in [0.1, 0.15) is 42.2 Å². The van der Waals surface area contributed by atoms with Gasteiger partial charge in [0.05, 0.1) is 5.56 Å². The second kappa shape index (κ2) is 13.6. The number of hydrogen-bond acceptors (Lipinski definition) is 6. The van der Waals surface area contributed by atoms with Crippen molar-refractivity contribution in [3.63, 3.8) is 0 Å². The Morgan fingerprint density at radius 2 is 0.833 bits per heavy atom. The topological polar surface area (TPSA) is 118 Å². The van der Waals surface area contributed by atoms with Crippen LogP contribution in [-0.2, 0) is 10.4 Å². The molecule has 0 radical (unpaired) electrons. The molecule has 7 nitrogen and oxygen atoms in total. The van der Waals surface area contributed by atoms with Gasteiger partial charge in [-0.1, -0.05) is 121 Å². The van der Waals surface area contributed by atoms with E-state index in [-0.39, 0.29) is 11.3 Å². The second-order valence-electron chi connectivity index (χ2n) is 9.05. The van der Waals surface area contributed by atoms with Crippen LogP contribution in [0.4, 0.5) is 0 Å². The van der Waals surface area contributed by atoms with Crippen LogP contribution in [0.3, 0.4) is 0 Å². The number of ketones is 2. The van der Waals surface area contributed by atoms with Gasteiger partial charge in [0, 0.05) is 11.1 Å². The van der Waals surface area contributed by atoms with E-state index in [0.717, 1.165) is 0 Å². The van der Waals surface area contributed by atoms with Crippen molar-refractivity contribution in [2.24, 2.45) is 0 Å². The van der Waals surface area contributed by atoms with Crippen molar-refractivity contribution >= 4 is 23.5 Å². The van der Waals surface area contributed by atoms with Crippen LogP contribution in [-0.4, -0.2) is 33.7 Å². The van der Waals surface area contributed by atoms with Gasteiger partial charge in [0.1, 0.15) is 5.75 Å². The normalized spacial score (nSPS) is 10.5. The van der Waals surface area contributed by atoms with Gasteiger partial charge in [0.15, 0.2) is 0 Å². The predicted molar refractivity (Wildman–Crippen MR) is 156 cm³/mol. The lowest BCUT2D eigenvalue weighted by atomic mass is 9.86. The highest BCUT2D eigenvalue weighted by molar-refractivity contribution is 6.49. The lowest BCUT2D eigenvalue weighted by molar-refractivity contribution is -0.152. The summed E-state index contributed by atoms with van der Waals surface area (Å²) in [7, 11) is 0. The van der Waals surface area contributed by atoms with Gasteiger partial charge in [-0.2, -0.15) is 0 Å². The zero-order valence-corrected chi connectivity index (χ0v) is 22.3. The van der Waals surface area contributed by atoms with Crippen molar-refractivity contribution in [2.75, 3.05) is 0 Å². The first-order valence-electron chi connectivity index (χ1n) is 12.9. The molecular weight excluding hydrogens is 532 g/mol. The quantitative estimate of drug-likeness (QED) is 0.104. The number of carboxylic acid groups (broad SMARTS) is 1. The van der Waals surface area contributed by atoms with E-state index in [1.807, 2.05) is 12.1 Å². The minimum absolute atomic E-state index is 0.0752. The Labute approximate surface area is 242 Å². The maximum atomic E-state index is 12.9. The number of benzene rings is 5. The molecule has 0 heterocycles. The van der Waals surface area contributed by atoms with Crippen LogP contribution in [0.15, 0.2) is 146 Å². The molecule has 0 amide bonds. The Kier molecular flexibility index (Phi) is 9.50.